The number of hydrogen-bond acceptors (Lipinski definition) is 2. The molecule has 0 aliphatic heterocycles. The van der Waals surface area contributed by atoms with Gasteiger partial charge in [0, 0.05) is 16.6 Å². The molecule has 1 aromatic heterocycles. The molecule has 124 valence electrons. The minimum atomic E-state index is -0.132. The van der Waals surface area contributed by atoms with Gasteiger partial charge in [0.2, 0.25) is 0 Å². The number of benzene rings is 1. The van der Waals surface area contributed by atoms with E-state index in [2.05, 4.69) is 24.4 Å². The zero-order valence-corrected chi connectivity index (χ0v) is 15.3. The number of nitrogens with zero attached hydrogens (tertiary/aromatic N) is 1. The van der Waals surface area contributed by atoms with Crippen LogP contribution in [-0.2, 0) is 0 Å². The van der Waals surface area contributed by atoms with Crippen molar-refractivity contribution in [2.45, 2.75) is 25.7 Å². The lowest BCUT2D eigenvalue weighted by Crippen LogP contribution is -2.21. The minimum Gasteiger partial charge on any atom is -0.305 e. The fourth-order valence-electron chi connectivity index (χ4n) is 4.42. The van der Waals surface area contributed by atoms with Gasteiger partial charge in [0.1, 0.15) is 5.82 Å². The number of halogens is 2. The van der Waals surface area contributed by atoms with E-state index >= 15 is 0 Å². The summed E-state index contributed by atoms with van der Waals surface area (Å²) in [6, 6.07) is 5.25. The number of allylic oxidation sites excluding steroid dienone is 1. The lowest BCUT2D eigenvalue weighted by Gasteiger charge is -2.28. The van der Waals surface area contributed by atoms with Crippen LogP contribution in [0.25, 0.3) is 15.7 Å². The first-order valence-electron chi connectivity index (χ1n) is 8.15. The van der Waals surface area contributed by atoms with Gasteiger partial charge in [-0.2, -0.15) is 0 Å². The van der Waals surface area contributed by atoms with Crippen molar-refractivity contribution >= 4 is 39.4 Å². The molecule has 4 rings (SSSR count). The van der Waals surface area contributed by atoms with Crippen LogP contribution >= 0.6 is 23.7 Å². The zero-order valence-electron chi connectivity index (χ0n) is 13.6. The summed E-state index contributed by atoms with van der Waals surface area (Å²) in [7, 11) is 4.31. The molecule has 0 amide bonds. The van der Waals surface area contributed by atoms with Crippen LogP contribution < -0.4 is 0 Å². The third-order valence-electron chi connectivity index (χ3n) is 5.20. The molecule has 1 nitrogen and oxygen atoms in total. The molecule has 0 unspecified atom stereocenters. The molecule has 2 aliphatic rings. The van der Waals surface area contributed by atoms with Crippen molar-refractivity contribution in [2.75, 3.05) is 20.6 Å². The minimum absolute atomic E-state index is 0. The van der Waals surface area contributed by atoms with E-state index in [1.54, 1.807) is 34.6 Å². The van der Waals surface area contributed by atoms with Crippen LogP contribution in [0.15, 0.2) is 29.2 Å². The average Bonchev–Trinajstić information content (AvgIpc) is 3.03. The van der Waals surface area contributed by atoms with Crippen molar-refractivity contribution in [3.63, 3.8) is 0 Å². The molecule has 4 heteroatoms. The molecule has 1 fully saturated rings. The molecular weight excluding hydrogens is 329 g/mol. The van der Waals surface area contributed by atoms with Crippen LogP contribution in [0.1, 0.15) is 31.2 Å². The number of rotatable bonds is 3. The van der Waals surface area contributed by atoms with E-state index in [1.807, 2.05) is 6.07 Å². The molecule has 2 bridgehead atoms. The quantitative estimate of drug-likeness (QED) is 0.696. The van der Waals surface area contributed by atoms with E-state index in [-0.39, 0.29) is 18.2 Å². The van der Waals surface area contributed by atoms with Crippen LogP contribution in [-0.4, -0.2) is 25.5 Å². The highest BCUT2D eigenvalue weighted by atomic mass is 35.5. The fraction of sp³-hybridized carbons (Fsp3) is 0.474. The van der Waals surface area contributed by atoms with Gasteiger partial charge in [0.05, 0.1) is 0 Å². The SMILES string of the molecule is CN(C)CC1=C(c2csc3cc(F)ccc23)[C@@H]2CC[C@H](C1)C2.Cl. The van der Waals surface area contributed by atoms with Crippen molar-refractivity contribution in [3.8, 4) is 0 Å². The first-order valence-corrected chi connectivity index (χ1v) is 9.03. The second-order valence-electron chi connectivity index (χ2n) is 7.12. The normalized spacial score (nSPS) is 23.7. The van der Waals surface area contributed by atoms with Crippen molar-refractivity contribution in [2.24, 2.45) is 11.8 Å². The standard InChI is InChI=1S/C19H22FNS.ClH/c1-21(2)10-14-8-12-3-4-13(7-12)19(14)17-11-22-18-9-15(20)5-6-16(17)18;/h5-6,9,11-13H,3-4,7-8,10H2,1-2H3;1H/t12-,13+;/m0./s1. The van der Waals surface area contributed by atoms with Gasteiger partial charge in [-0.3, -0.25) is 0 Å². The van der Waals surface area contributed by atoms with Crippen molar-refractivity contribution in [3.05, 3.63) is 40.5 Å². The third-order valence-corrected chi connectivity index (χ3v) is 6.15. The Balaban J connectivity index is 0.00000156. The van der Waals surface area contributed by atoms with Crippen LogP contribution in [0.2, 0.25) is 0 Å². The van der Waals surface area contributed by atoms with Crippen molar-refractivity contribution in [1.82, 2.24) is 4.90 Å². The molecule has 2 atom stereocenters. The summed E-state index contributed by atoms with van der Waals surface area (Å²) in [6.45, 7) is 1.06. The summed E-state index contributed by atoms with van der Waals surface area (Å²) >= 11 is 1.68. The molecule has 0 saturated heterocycles. The highest BCUT2D eigenvalue weighted by Gasteiger charge is 2.35. The summed E-state index contributed by atoms with van der Waals surface area (Å²) < 4.78 is 14.6. The van der Waals surface area contributed by atoms with E-state index < -0.39 is 0 Å². The molecule has 1 heterocycles. The summed E-state index contributed by atoms with van der Waals surface area (Å²) in [5, 5.41) is 3.50. The number of likely N-dealkylation sites (N-methyl/N-ethyl adjacent to an activating group) is 1. The molecule has 0 radical (unpaired) electrons. The van der Waals surface area contributed by atoms with Gasteiger partial charge in [-0.1, -0.05) is 11.6 Å². The van der Waals surface area contributed by atoms with E-state index in [0.29, 0.717) is 0 Å². The Labute approximate surface area is 147 Å². The van der Waals surface area contributed by atoms with Crippen molar-refractivity contribution < 1.29 is 4.39 Å². The molecule has 0 spiro atoms. The first kappa shape index (κ1) is 16.9. The monoisotopic (exact) mass is 351 g/mol. The molecule has 23 heavy (non-hydrogen) atoms. The second kappa shape index (κ2) is 6.54. The Kier molecular flexibility index (Phi) is 4.82. The van der Waals surface area contributed by atoms with E-state index in [1.165, 1.54) is 36.6 Å². The summed E-state index contributed by atoms with van der Waals surface area (Å²) in [4.78, 5) is 2.29. The average molecular weight is 352 g/mol. The van der Waals surface area contributed by atoms with Crippen LogP contribution in [0, 0.1) is 17.7 Å². The van der Waals surface area contributed by atoms with E-state index in [4.69, 9.17) is 0 Å². The van der Waals surface area contributed by atoms with Gasteiger partial charge in [0.25, 0.3) is 0 Å². The van der Waals surface area contributed by atoms with Crippen molar-refractivity contribution in [1.29, 1.82) is 0 Å². The molecule has 0 N–H and O–H groups in total. The Morgan fingerprint density at radius 1 is 1.26 bits per heavy atom. The Bertz CT molecular complexity index is 749. The van der Waals surface area contributed by atoms with Gasteiger partial charge in [-0.15, -0.1) is 23.7 Å². The van der Waals surface area contributed by atoms with Crippen LogP contribution in [0.4, 0.5) is 4.39 Å². The van der Waals surface area contributed by atoms with Gasteiger partial charge >= 0.3 is 0 Å². The first-order chi connectivity index (χ1) is 10.6. The molecular formula is C19H23ClFNS. The smallest absolute Gasteiger partial charge is 0.124 e. The Morgan fingerprint density at radius 2 is 2.09 bits per heavy atom. The van der Waals surface area contributed by atoms with Crippen LogP contribution in [0.5, 0.6) is 0 Å². The van der Waals surface area contributed by atoms with Gasteiger partial charge in [-0.05, 0) is 80.3 Å². The van der Waals surface area contributed by atoms with E-state index in [9.17, 15) is 4.39 Å². The summed E-state index contributed by atoms with van der Waals surface area (Å²) in [5.74, 6) is 1.48. The molecule has 2 aliphatic carbocycles. The lowest BCUT2D eigenvalue weighted by atomic mass is 9.79. The van der Waals surface area contributed by atoms with E-state index in [0.717, 1.165) is 23.1 Å². The molecule has 2 aromatic rings. The number of fused-ring (bicyclic) bond motifs is 3. The highest BCUT2D eigenvalue weighted by Crippen LogP contribution is 2.51. The zero-order chi connectivity index (χ0) is 15.3. The summed E-state index contributed by atoms with van der Waals surface area (Å²) in [5.41, 5.74) is 4.58. The maximum absolute atomic E-state index is 13.5. The highest BCUT2D eigenvalue weighted by molar-refractivity contribution is 7.17. The largest absolute Gasteiger partial charge is 0.305 e. The topological polar surface area (TPSA) is 3.24 Å². The van der Waals surface area contributed by atoms with Gasteiger partial charge in [0.15, 0.2) is 0 Å². The Hall–Kier alpha value is -0.900. The third kappa shape index (κ3) is 3.07. The Morgan fingerprint density at radius 3 is 2.87 bits per heavy atom. The molecule has 1 saturated carbocycles. The van der Waals surface area contributed by atoms with Gasteiger partial charge in [-0.25, -0.2) is 4.39 Å². The fourth-order valence-corrected chi connectivity index (χ4v) is 5.41. The number of thiophene rings is 1. The van der Waals surface area contributed by atoms with Gasteiger partial charge < -0.3 is 4.90 Å². The predicted molar refractivity (Wildman–Crippen MR) is 100.0 cm³/mol. The molecule has 1 aromatic carbocycles. The maximum Gasteiger partial charge on any atom is 0.124 e. The number of hydrogen-bond donors (Lipinski definition) is 0. The summed E-state index contributed by atoms with van der Waals surface area (Å²) in [6.07, 6.45) is 5.31. The van der Waals surface area contributed by atoms with Crippen LogP contribution in [0.3, 0.4) is 0 Å². The lowest BCUT2D eigenvalue weighted by molar-refractivity contribution is 0.413. The predicted octanol–water partition coefficient (Wildman–Crippen LogP) is 5.60. The maximum atomic E-state index is 13.5. The second-order valence-corrected chi connectivity index (χ2v) is 8.04.